The SMILES string of the molecule is NC(=O)CSc1ccccc1NC(=O)Cc1csc(-c2ccc(C(F)(F)F)cc2)n1. The first-order valence-corrected chi connectivity index (χ1v) is 10.5. The van der Waals surface area contributed by atoms with E-state index in [9.17, 15) is 22.8 Å². The number of hydrogen-bond donors (Lipinski definition) is 2. The van der Waals surface area contributed by atoms with E-state index in [1.165, 1.54) is 35.2 Å². The number of nitrogens with one attached hydrogen (secondary N) is 1. The molecular weight excluding hydrogens is 435 g/mol. The first-order chi connectivity index (χ1) is 14.2. The second kappa shape index (κ2) is 9.31. The van der Waals surface area contributed by atoms with Gasteiger partial charge in [0.25, 0.3) is 0 Å². The number of carbonyl (C=O) groups is 2. The molecule has 0 fully saturated rings. The number of para-hydroxylation sites is 1. The maximum absolute atomic E-state index is 12.7. The summed E-state index contributed by atoms with van der Waals surface area (Å²) in [5, 5.41) is 5.01. The minimum absolute atomic E-state index is 0.00591. The van der Waals surface area contributed by atoms with Crippen LogP contribution in [0.3, 0.4) is 0 Å². The Balaban J connectivity index is 1.65. The summed E-state index contributed by atoms with van der Waals surface area (Å²) in [6, 6.07) is 11.8. The topological polar surface area (TPSA) is 85.1 Å². The molecular formula is C20H16F3N3O2S2. The largest absolute Gasteiger partial charge is 0.416 e. The molecule has 156 valence electrons. The highest BCUT2D eigenvalue weighted by Gasteiger charge is 2.30. The lowest BCUT2D eigenvalue weighted by Crippen LogP contribution is -2.16. The van der Waals surface area contributed by atoms with Crippen molar-refractivity contribution in [1.82, 2.24) is 4.98 Å². The molecule has 0 bridgehead atoms. The summed E-state index contributed by atoms with van der Waals surface area (Å²) in [6.45, 7) is 0. The summed E-state index contributed by atoms with van der Waals surface area (Å²) >= 11 is 2.48. The Hall–Kier alpha value is -2.85. The molecule has 5 nitrogen and oxygen atoms in total. The van der Waals surface area contributed by atoms with Crippen LogP contribution in [0.5, 0.6) is 0 Å². The Labute approximate surface area is 178 Å². The van der Waals surface area contributed by atoms with Gasteiger partial charge < -0.3 is 11.1 Å². The van der Waals surface area contributed by atoms with Gasteiger partial charge in [0.05, 0.1) is 29.1 Å². The van der Waals surface area contributed by atoms with Crippen molar-refractivity contribution in [2.45, 2.75) is 17.5 Å². The highest BCUT2D eigenvalue weighted by molar-refractivity contribution is 8.00. The molecule has 0 unspecified atom stereocenters. The molecule has 0 aliphatic heterocycles. The molecule has 0 aliphatic rings. The minimum atomic E-state index is -4.39. The standard InChI is InChI=1S/C20H16F3N3O2S2/c21-20(22,23)13-7-5-12(6-8-13)19-25-14(10-30-19)9-18(28)26-15-3-1-2-4-16(15)29-11-17(24)27/h1-8,10H,9,11H2,(H2,24,27)(H,26,28). The molecule has 0 saturated carbocycles. The maximum Gasteiger partial charge on any atom is 0.416 e. The van der Waals surface area contributed by atoms with Crippen molar-refractivity contribution in [2.24, 2.45) is 5.73 Å². The fourth-order valence-electron chi connectivity index (χ4n) is 2.53. The number of thiazole rings is 1. The predicted octanol–water partition coefficient (Wildman–Crippen LogP) is 4.59. The number of aromatic nitrogens is 1. The first-order valence-electron chi connectivity index (χ1n) is 8.64. The fourth-order valence-corrected chi connectivity index (χ4v) is 4.10. The summed E-state index contributed by atoms with van der Waals surface area (Å²) in [7, 11) is 0. The molecule has 1 aromatic heterocycles. The Morgan fingerprint density at radius 1 is 1.10 bits per heavy atom. The summed E-state index contributed by atoms with van der Waals surface area (Å²) < 4.78 is 38.0. The summed E-state index contributed by atoms with van der Waals surface area (Å²) in [5.74, 6) is -0.666. The van der Waals surface area contributed by atoms with E-state index in [0.29, 0.717) is 26.8 Å². The quantitative estimate of drug-likeness (QED) is 0.515. The number of benzene rings is 2. The van der Waals surface area contributed by atoms with Crippen molar-refractivity contribution in [3.05, 3.63) is 65.2 Å². The Morgan fingerprint density at radius 2 is 1.80 bits per heavy atom. The maximum atomic E-state index is 12.7. The van der Waals surface area contributed by atoms with Crippen molar-refractivity contribution >= 4 is 40.6 Å². The molecule has 10 heteroatoms. The van der Waals surface area contributed by atoms with E-state index >= 15 is 0 Å². The lowest BCUT2D eigenvalue weighted by atomic mass is 10.1. The second-order valence-electron chi connectivity index (χ2n) is 6.20. The number of carbonyl (C=O) groups excluding carboxylic acids is 2. The van der Waals surface area contributed by atoms with Crippen LogP contribution >= 0.6 is 23.1 Å². The average Bonchev–Trinajstić information content (AvgIpc) is 3.15. The van der Waals surface area contributed by atoms with Gasteiger partial charge in [0.2, 0.25) is 11.8 Å². The van der Waals surface area contributed by atoms with Gasteiger partial charge in [0.1, 0.15) is 5.01 Å². The molecule has 0 radical (unpaired) electrons. The molecule has 2 aromatic carbocycles. The smallest absolute Gasteiger partial charge is 0.369 e. The van der Waals surface area contributed by atoms with Gasteiger partial charge in [-0.1, -0.05) is 24.3 Å². The van der Waals surface area contributed by atoms with Crippen LogP contribution in [0.25, 0.3) is 10.6 Å². The molecule has 0 aliphatic carbocycles. The Bertz CT molecular complexity index is 1050. The third-order valence-electron chi connectivity index (χ3n) is 3.88. The normalized spacial score (nSPS) is 11.3. The third kappa shape index (κ3) is 5.83. The molecule has 30 heavy (non-hydrogen) atoms. The van der Waals surface area contributed by atoms with Crippen molar-refractivity contribution in [3.8, 4) is 10.6 Å². The van der Waals surface area contributed by atoms with Crippen LogP contribution in [0.1, 0.15) is 11.3 Å². The molecule has 3 rings (SSSR count). The van der Waals surface area contributed by atoms with Crippen LogP contribution in [-0.2, 0) is 22.2 Å². The molecule has 1 heterocycles. The molecule has 0 saturated heterocycles. The monoisotopic (exact) mass is 451 g/mol. The van der Waals surface area contributed by atoms with Crippen LogP contribution in [-0.4, -0.2) is 22.6 Å². The van der Waals surface area contributed by atoms with Crippen LogP contribution in [0.15, 0.2) is 58.8 Å². The van der Waals surface area contributed by atoms with Crippen molar-refractivity contribution in [1.29, 1.82) is 0 Å². The highest BCUT2D eigenvalue weighted by atomic mass is 32.2. The van der Waals surface area contributed by atoms with Gasteiger partial charge in [-0.25, -0.2) is 4.98 Å². The lowest BCUT2D eigenvalue weighted by Gasteiger charge is -2.09. The highest BCUT2D eigenvalue weighted by Crippen LogP contribution is 2.32. The van der Waals surface area contributed by atoms with Crippen LogP contribution < -0.4 is 11.1 Å². The third-order valence-corrected chi connectivity index (χ3v) is 5.92. The van der Waals surface area contributed by atoms with E-state index < -0.39 is 17.6 Å². The predicted molar refractivity (Wildman–Crippen MR) is 111 cm³/mol. The van der Waals surface area contributed by atoms with Gasteiger partial charge in [-0.15, -0.1) is 23.1 Å². The summed E-state index contributed by atoms with van der Waals surface area (Å²) in [6.07, 6.45) is -4.39. The first kappa shape index (κ1) is 21.8. The van der Waals surface area contributed by atoms with E-state index in [1.807, 2.05) is 0 Å². The number of nitrogens with two attached hydrogens (primary N) is 1. The van der Waals surface area contributed by atoms with Crippen molar-refractivity contribution < 1.29 is 22.8 Å². The van der Waals surface area contributed by atoms with Crippen LogP contribution in [0.4, 0.5) is 18.9 Å². The van der Waals surface area contributed by atoms with Gasteiger partial charge in [-0.3, -0.25) is 9.59 Å². The van der Waals surface area contributed by atoms with Gasteiger partial charge in [0, 0.05) is 15.8 Å². The van der Waals surface area contributed by atoms with E-state index in [0.717, 1.165) is 12.1 Å². The fraction of sp³-hybridized carbons (Fsp3) is 0.150. The van der Waals surface area contributed by atoms with Crippen LogP contribution in [0, 0.1) is 0 Å². The number of halogens is 3. The molecule has 2 amide bonds. The van der Waals surface area contributed by atoms with E-state index in [2.05, 4.69) is 10.3 Å². The lowest BCUT2D eigenvalue weighted by molar-refractivity contribution is -0.137. The van der Waals surface area contributed by atoms with E-state index in [-0.39, 0.29) is 18.1 Å². The molecule has 0 spiro atoms. The van der Waals surface area contributed by atoms with E-state index in [4.69, 9.17) is 5.73 Å². The second-order valence-corrected chi connectivity index (χ2v) is 8.07. The zero-order chi connectivity index (χ0) is 21.7. The summed E-state index contributed by atoms with van der Waals surface area (Å²) in [4.78, 5) is 28.4. The van der Waals surface area contributed by atoms with Gasteiger partial charge >= 0.3 is 6.18 Å². The number of thioether (sulfide) groups is 1. The van der Waals surface area contributed by atoms with Crippen LogP contribution in [0.2, 0.25) is 0 Å². The van der Waals surface area contributed by atoms with Crippen molar-refractivity contribution in [3.63, 3.8) is 0 Å². The van der Waals surface area contributed by atoms with Crippen molar-refractivity contribution in [2.75, 3.05) is 11.1 Å². The van der Waals surface area contributed by atoms with Gasteiger partial charge in [-0.2, -0.15) is 13.2 Å². The number of hydrogen-bond acceptors (Lipinski definition) is 5. The molecule has 0 atom stereocenters. The number of primary amides is 1. The molecule has 3 aromatic rings. The number of rotatable bonds is 7. The number of nitrogens with zero attached hydrogens (tertiary/aromatic N) is 1. The molecule has 3 N–H and O–H groups in total. The van der Waals surface area contributed by atoms with Gasteiger partial charge in [0.15, 0.2) is 0 Å². The summed E-state index contributed by atoms with van der Waals surface area (Å²) in [5.41, 5.74) is 6.06. The minimum Gasteiger partial charge on any atom is -0.369 e. The zero-order valence-electron chi connectivity index (χ0n) is 15.4. The number of amides is 2. The Morgan fingerprint density at radius 3 is 2.47 bits per heavy atom. The number of anilines is 1. The average molecular weight is 451 g/mol. The Kier molecular flexibility index (Phi) is 6.78. The zero-order valence-corrected chi connectivity index (χ0v) is 17.0. The number of alkyl halides is 3. The van der Waals surface area contributed by atoms with E-state index in [1.54, 1.807) is 29.6 Å². The van der Waals surface area contributed by atoms with Gasteiger partial charge in [-0.05, 0) is 24.3 Å².